The van der Waals surface area contributed by atoms with Gasteiger partial charge in [0.25, 0.3) is 0 Å². The molecule has 56 valence electrons. The Morgan fingerprint density at radius 1 is 1.80 bits per heavy atom. The van der Waals surface area contributed by atoms with Gasteiger partial charge in [-0.25, -0.2) is 0 Å². The van der Waals surface area contributed by atoms with Gasteiger partial charge in [0, 0.05) is 0 Å². The van der Waals surface area contributed by atoms with Crippen LogP contribution in [-0.4, -0.2) is 11.2 Å². The highest BCUT2D eigenvalue weighted by molar-refractivity contribution is 4.98. The van der Waals surface area contributed by atoms with Gasteiger partial charge in [0.1, 0.15) is 6.10 Å². The van der Waals surface area contributed by atoms with Crippen LogP contribution >= 0.6 is 0 Å². The molecule has 0 aliphatic carbocycles. The van der Waals surface area contributed by atoms with Crippen molar-refractivity contribution in [3.8, 4) is 12.3 Å². The van der Waals surface area contributed by atoms with Gasteiger partial charge < -0.3 is 5.11 Å². The van der Waals surface area contributed by atoms with Gasteiger partial charge in [-0.2, -0.15) is 0 Å². The zero-order valence-corrected chi connectivity index (χ0v) is 6.43. The molecule has 1 N–H and O–H groups in total. The number of rotatable bonds is 4. The van der Waals surface area contributed by atoms with E-state index in [1.165, 1.54) is 0 Å². The molecular formula is C9H14O. The van der Waals surface area contributed by atoms with Crippen LogP contribution in [0, 0.1) is 12.3 Å². The summed E-state index contributed by atoms with van der Waals surface area (Å²) in [6.07, 6.45) is 6.82. The van der Waals surface area contributed by atoms with Crippen molar-refractivity contribution < 1.29 is 5.11 Å². The van der Waals surface area contributed by atoms with Gasteiger partial charge in [0.2, 0.25) is 0 Å². The van der Waals surface area contributed by atoms with Crippen molar-refractivity contribution in [2.75, 3.05) is 0 Å². The second-order valence-electron chi connectivity index (χ2n) is 2.32. The van der Waals surface area contributed by atoms with Crippen LogP contribution in [0.25, 0.3) is 0 Å². The molecule has 0 aromatic carbocycles. The first-order valence-corrected chi connectivity index (χ1v) is 3.51. The molecule has 1 atom stereocenters. The van der Waals surface area contributed by atoms with Crippen LogP contribution in [0.2, 0.25) is 0 Å². The summed E-state index contributed by atoms with van der Waals surface area (Å²) >= 11 is 0. The molecule has 1 nitrogen and oxygen atoms in total. The predicted octanol–water partition coefficient (Wildman–Crippen LogP) is 1.73. The van der Waals surface area contributed by atoms with Crippen molar-refractivity contribution in [1.29, 1.82) is 0 Å². The Morgan fingerprint density at radius 2 is 2.40 bits per heavy atom. The van der Waals surface area contributed by atoms with Crippen LogP contribution in [-0.2, 0) is 0 Å². The molecule has 0 aliphatic rings. The van der Waals surface area contributed by atoms with Gasteiger partial charge in [0.05, 0.1) is 0 Å². The Bertz CT molecular complexity index is 141. The van der Waals surface area contributed by atoms with Gasteiger partial charge in [-0.1, -0.05) is 25.0 Å². The summed E-state index contributed by atoms with van der Waals surface area (Å²) < 4.78 is 0. The zero-order valence-electron chi connectivity index (χ0n) is 6.43. The summed E-state index contributed by atoms with van der Waals surface area (Å²) in [5, 5.41) is 8.93. The molecule has 0 amide bonds. The van der Waals surface area contributed by atoms with Crippen molar-refractivity contribution in [3.05, 3.63) is 12.2 Å². The number of aliphatic hydroxyl groups is 1. The number of terminal acetylenes is 1. The largest absolute Gasteiger partial charge is 0.380 e. The number of allylic oxidation sites excluding steroid dienone is 1. The van der Waals surface area contributed by atoms with E-state index in [1.807, 2.05) is 6.92 Å². The van der Waals surface area contributed by atoms with Gasteiger partial charge in [0.15, 0.2) is 0 Å². The van der Waals surface area contributed by atoms with E-state index < -0.39 is 6.10 Å². The molecule has 0 fully saturated rings. The maximum Gasteiger partial charge on any atom is 0.114 e. The second kappa shape index (κ2) is 5.08. The van der Waals surface area contributed by atoms with Gasteiger partial charge >= 0.3 is 0 Å². The molecule has 0 saturated heterocycles. The van der Waals surface area contributed by atoms with Crippen LogP contribution in [0.1, 0.15) is 26.2 Å². The van der Waals surface area contributed by atoms with Gasteiger partial charge in [-0.05, 0) is 19.3 Å². The molecule has 0 radical (unpaired) electrons. The van der Waals surface area contributed by atoms with E-state index in [-0.39, 0.29) is 0 Å². The second-order valence-corrected chi connectivity index (χ2v) is 2.32. The van der Waals surface area contributed by atoms with E-state index in [0.717, 1.165) is 18.4 Å². The summed E-state index contributed by atoms with van der Waals surface area (Å²) in [5.41, 5.74) is 1.15. The first-order chi connectivity index (χ1) is 4.70. The molecule has 0 heterocycles. The van der Waals surface area contributed by atoms with Crippen molar-refractivity contribution in [1.82, 2.24) is 0 Å². The first-order valence-electron chi connectivity index (χ1n) is 3.51. The molecule has 0 aromatic rings. The highest BCUT2D eigenvalue weighted by Crippen LogP contribution is 2.07. The normalized spacial score (nSPS) is 12.1. The van der Waals surface area contributed by atoms with E-state index in [2.05, 4.69) is 12.5 Å². The van der Waals surface area contributed by atoms with Crippen LogP contribution in [0.5, 0.6) is 0 Å². The minimum atomic E-state index is -0.594. The lowest BCUT2D eigenvalue weighted by Gasteiger charge is -2.03. The van der Waals surface area contributed by atoms with Crippen LogP contribution < -0.4 is 0 Å². The lowest BCUT2D eigenvalue weighted by atomic mass is 10.1. The molecule has 0 saturated carbocycles. The third-order valence-corrected chi connectivity index (χ3v) is 1.46. The highest BCUT2D eigenvalue weighted by Gasteiger charge is 1.98. The standard InChI is InChI=1S/C9H14O/c1-4-8(3)6-7-9(10)5-2/h2,9-10H,3-4,6-7H2,1H3. The Morgan fingerprint density at radius 3 is 2.80 bits per heavy atom. The zero-order chi connectivity index (χ0) is 7.98. The molecular weight excluding hydrogens is 124 g/mol. The molecule has 1 unspecified atom stereocenters. The van der Waals surface area contributed by atoms with E-state index in [4.69, 9.17) is 11.5 Å². The van der Waals surface area contributed by atoms with Gasteiger partial charge in [-0.3, -0.25) is 0 Å². The predicted molar refractivity (Wildman–Crippen MR) is 43.5 cm³/mol. The maximum atomic E-state index is 8.93. The number of hydrogen-bond acceptors (Lipinski definition) is 1. The molecule has 0 spiro atoms. The van der Waals surface area contributed by atoms with E-state index in [0.29, 0.717) is 6.42 Å². The van der Waals surface area contributed by atoms with E-state index >= 15 is 0 Å². The third-order valence-electron chi connectivity index (χ3n) is 1.46. The number of aliphatic hydroxyl groups excluding tert-OH is 1. The molecule has 0 aromatic heterocycles. The molecule has 1 heteroatoms. The van der Waals surface area contributed by atoms with Crippen molar-refractivity contribution >= 4 is 0 Å². The smallest absolute Gasteiger partial charge is 0.114 e. The molecule has 0 bridgehead atoms. The van der Waals surface area contributed by atoms with Crippen molar-refractivity contribution in [2.45, 2.75) is 32.3 Å². The maximum absolute atomic E-state index is 8.93. The minimum absolute atomic E-state index is 0.594. The Kier molecular flexibility index (Phi) is 4.70. The van der Waals surface area contributed by atoms with Crippen molar-refractivity contribution in [3.63, 3.8) is 0 Å². The average molecular weight is 138 g/mol. The summed E-state index contributed by atoms with van der Waals surface area (Å²) in [6.45, 7) is 5.85. The Balaban J connectivity index is 3.37. The fraction of sp³-hybridized carbons (Fsp3) is 0.556. The average Bonchev–Trinajstić information content (AvgIpc) is 1.99. The van der Waals surface area contributed by atoms with E-state index in [1.54, 1.807) is 0 Å². The highest BCUT2D eigenvalue weighted by atomic mass is 16.3. The van der Waals surface area contributed by atoms with Crippen LogP contribution in [0.4, 0.5) is 0 Å². The Hall–Kier alpha value is -0.740. The summed E-state index contributed by atoms with van der Waals surface area (Å²) in [5.74, 6) is 2.26. The summed E-state index contributed by atoms with van der Waals surface area (Å²) in [6, 6.07) is 0. The lowest BCUT2D eigenvalue weighted by molar-refractivity contribution is 0.222. The molecule has 0 rings (SSSR count). The van der Waals surface area contributed by atoms with Crippen molar-refractivity contribution in [2.24, 2.45) is 0 Å². The Labute approximate surface area is 62.8 Å². The van der Waals surface area contributed by atoms with E-state index in [9.17, 15) is 0 Å². The lowest BCUT2D eigenvalue weighted by Crippen LogP contribution is -2.01. The molecule has 0 aliphatic heterocycles. The van der Waals surface area contributed by atoms with Crippen LogP contribution in [0.3, 0.4) is 0 Å². The fourth-order valence-corrected chi connectivity index (χ4v) is 0.601. The fourth-order valence-electron chi connectivity index (χ4n) is 0.601. The monoisotopic (exact) mass is 138 g/mol. The molecule has 10 heavy (non-hydrogen) atoms. The summed E-state index contributed by atoms with van der Waals surface area (Å²) in [4.78, 5) is 0. The minimum Gasteiger partial charge on any atom is -0.380 e. The van der Waals surface area contributed by atoms with Gasteiger partial charge in [-0.15, -0.1) is 6.42 Å². The SMILES string of the molecule is C#CC(O)CCC(=C)CC. The first kappa shape index (κ1) is 9.26. The summed E-state index contributed by atoms with van der Waals surface area (Å²) in [7, 11) is 0. The van der Waals surface area contributed by atoms with Crippen LogP contribution in [0.15, 0.2) is 12.2 Å². The topological polar surface area (TPSA) is 20.2 Å². The quantitative estimate of drug-likeness (QED) is 0.463. The third kappa shape index (κ3) is 4.17. The number of hydrogen-bond donors (Lipinski definition) is 1.